The van der Waals surface area contributed by atoms with Crippen molar-refractivity contribution in [2.24, 2.45) is 5.41 Å². The number of amides is 1. The van der Waals surface area contributed by atoms with Crippen molar-refractivity contribution in [1.82, 2.24) is 5.32 Å². The van der Waals surface area contributed by atoms with E-state index in [0.717, 1.165) is 32.1 Å². The number of carboxylic acids is 1. The predicted molar refractivity (Wildman–Crippen MR) is 79.5 cm³/mol. The van der Waals surface area contributed by atoms with Gasteiger partial charge in [-0.05, 0) is 19.3 Å². The number of aliphatic carboxylic acids is 1. The van der Waals surface area contributed by atoms with Gasteiger partial charge in [0, 0.05) is 6.54 Å². The van der Waals surface area contributed by atoms with E-state index in [1.165, 1.54) is 25.7 Å². The molecule has 1 rings (SSSR count). The normalized spacial score (nSPS) is 17.6. The maximum absolute atomic E-state index is 12.2. The summed E-state index contributed by atoms with van der Waals surface area (Å²) in [4.78, 5) is 23.7. The van der Waals surface area contributed by atoms with Crippen molar-refractivity contribution in [2.45, 2.75) is 77.6 Å². The van der Waals surface area contributed by atoms with Crippen LogP contribution in [0.2, 0.25) is 0 Å². The first kappa shape index (κ1) is 17.0. The maximum atomic E-state index is 12.2. The molecule has 0 radical (unpaired) electrons. The third-order valence-corrected chi connectivity index (χ3v) is 4.37. The van der Waals surface area contributed by atoms with Crippen molar-refractivity contribution in [2.75, 3.05) is 6.54 Å². The van der Waals surface area contributed by atoms with Gasteiger partial charge < -0.3 is 10.4 Å². The van der Waals surface area contributed by atoms with Crippen molar-refractivity contribution in [3.8, 4) is 0 Å². The van der Waals surface area contributed by atoms with Crippen LogP contribution >= 0.6 is 0 Å². The highest BCUT2D eigenvalue weighted by atomic mass is 16.4. The minimum atomic E-state index is -1.15. The van der Waals surface area contributed by atoms with E-state index >= 15 is 0 Å². The SMILES string of the molecule is CCCCCCCCNC(=O)C1(C(=O)O)CCCCC1. The van der Waals surface area contributed by atoms with Gasteiger partial charge in [-0.2, -0.15) is 0 Å². The molecular weight excluding hydrogens is 254 g/mol. The average molecular weight is 283 g/mol. The van der Waals surface area contributed by atoms with Gasteiger partial charge >= 0.3 is 5.97 Å². The van der Waals surface area contributed by atoms with Crippen LogP contribution < -0.4 is 5.32 Å². The van der Waals surface area contributed by atoms with E-state index < -0.39 is 11.4 Å². The molecule has 0 aliphatic heterocycles. The van der Waals surface area contributed by atoms with Gasteiger partial charge in [0.05, 0.1) is 0 Å². The Kier molecular flexibility index (Phi) is 7.63. The van der Waals surface area contributed by atoms with Crippen molar-refractivity contribution >= 4 is 11.9 Å². The fraction of sp³-hybridized carbons (Fsp3) is 0.875. The molecule has 1 fully saturated rings. The topological polar surface area (TPSA) is 66.4 Å². The third-order valence-electron chi connectivity index (χ3n) is 4.37. The van der Waals surface area contributed by atoms with Gasteiger partial charge in [0.2, 0.25) is 5.91 Å². The van der Waals surface area contributed by atoms with E-state index in [4.69, 9.17) is 0 Å². The fourth-order valence-corrected chi connectivity index (χ4v) is 2.97. The highest BCUT2D eigenvalue weighted by Gasteiger charge is 2.46. The Hall–Kier alpha value is -1.06. The molecule has 1 aliphatic rings. The standard InChI is InChI=1S/C16H29NO3/c1-2-3-4-5-6-10-13-17-14(18)16(15(19)20)11-8-7-9-12-16/h2-13H2,1H3,(H,17,18)(H,19,20). The molecule has 1 aliphatic carbocycles. The smallest absolute Gasteiger partial charge is 0.319 e. The van der Waals surface area contributed by atoms with Crippen LogP contribution in [0.1, 0.15) is 77.6 Å². The van der Waals surface area contributed by atoms with Crippen LogP contribution in [0.5, 0.6) is 0 Å². The van der Waals surface area contributed by atoms with Gasteiger partial charge in [0.1, 0.15) is 5.41 Å². The first-order valence-corrected chi connectivity index (χ1v) is 8.15. The van der Waals surface area contributed by atoms with Crippen LogP contribution in [-0.2, 0) is 9.59 Å². The number of nitrogens with one attached hydrogen (secondary N) is 1. The Morgan fingerprint density at radius 3 is 2.20 bits per heavy atom. The molecular formula is C16H29NO3. The molecule has 20 heavy (non-hydrogen) atoms. The summed E-state index contributed by atoms with van der Waals surface area (Å²) >= 11 is 0. The van der Waals surface area contributed by atoms with Crippen LogP contribution in [0.4, 0.5) is 0 Å². The van der Waals surface area contributed by atoms with E-state index in [0.29, 0.717) is 19.4 Å². The summed E-state index contributed by atoms with van der Waals surface area (Å²) in [6, 6.07) is 0. The van der Waals surface area contributed by atoms with E-state index in [1.807, 2.05) is 0 Å². The van der Waals surface area contributed by atoms with E-state index in [9.17, 15) is 14.7 Å². The van der Waals surface area contributed by atoms with Gasteiger partial charge in [0.25, 0.3) is 0 Å². The molecule has 116 valence electrons. The second-order valence-electron chi connectivity index (χ2n) is 5.97. The Morgan fingerprint density at radius 2 is 1.60 bits per heavy atom. The Bertz CT molecular complexity index is 309. The zero-order valence-electron chi connectivity index (χ0n) is 12.7. The summed E-state index contributed by atoms with van der Waals surface area (Å²) in [6.45, 7) is 2.80. The largest absolute Gasteiger partial charge is 0.480 e. The summed E-state index contributed by atoms with van der Waals surface area (Å²) in [5.41, 5.74) is -1.15. The first-order chi connectivity index (χ1) is 9.63. The number of unbranched alkanes of at least 4 members (excludes halogenated alkanes) is 5. The summed E-state index contributed by atoms with van der Waals surface area (Å²) in [5.74, 6) is -1.21. The molecule has 0 spiro atoms. The Morgan fingerprint density at radius 1 is 1.00 bits per heavy atom. The average Bonchev–Trinajstić information content (AvgIpc) is 2.46. The number of rotatable bonds is 9. The van der Waals surface area contributed by atoms with E-state index in [2.05, 4.69) is 12.2 Å². The lowest BCUT2D eigenvalue weighted by molar-refractivity contribution is -0.158. The van der Waals surface area contributed by atoms with Crippen molar-refractivity contribution < 1.29 is 14.7 Å². The van der Waals surface area contributed by atoms with Crippen LogP contribution in [0, 0.1) is 5.41 Å². The summed E-state index contributed by atoms with van der Waals surface area (Å²) in [6.07, 6.45) is 10.7. The zero-order chi connectivity index (χ0) is 14.8. The van der Waals surface area contributed by atoms with Crippen LogP contribution in [0.15, 0.2) is 0 Å². The van der Waals surface area contributed by atoms with E-state index in [1.54, 1.807) is 0 Å². The molecule has 1 saturated carbocycles. The minimum absolute atomic E-state index is 0.266. The molecule has 0 saturated heterocycles. The lowest BCUT2D eigenvalue weighted by Crippen LogP contribution is -2.48. The second kappa shape index (κ2) is 8.98. The molecule has 0 atom stereocenters. The van der Waals surface area contributed by atoms with Crippen LogP contribution in [0.25, 0.3) is 0 Å². The predicted octanol–water partition coefficient (Wildman–Crippen LogP) is 3.50. The first-order valence-electron chi connectivity index (χ1n) is 8.15. The Labute approximate surface area is 122 Å². The second-order valence-corrected chi connectivity index (χ2v) is 5.97. The molecule has 0 bridgehead atoms. The number of hydrogen-bond acceptors (Lipinski definition) is 2. The monoisotopic (exact) mass is 283 g/mol. The lowest BCUT2D eigenvalue weighted by atomic mass is 9.73. The molecule has 0 unspecified atom stereocenters. The quantitative estimate of drug-likeness (QED) is 0.503. The van der Waals surface area contributed by atoms with Crippen molar-refractivity contribution in [1.29, 1.82) is 0 Å². The number of carboxylic acid groups (broad SMARTS) is 1. The summed E-state index contributed by atoms with van der Waals surface area (Å²) < 4.78 is 0. The highest BCUT2D eigenvalue weighted by Crippen LogP contribution is 2.36. The highest BCUT2D eigenvalue weighted by molar-refractivity contribution is 6.01. The van der Waals surface area contributed by atoms with Crippen molar-refractivity contribution in [3.05, 3.63) is 0 Å². The molecule has 1 amide bonds. The number of carbonyl (C=O) groups is 2. The Balaban J connectivity index is 2.27. The van der Waals surface area contributed by atoms with Gasteiger partial charge in [-0.1, -0.05) is 58.3 Å². The molecule has 0 heterocycles. The van der Waals surface area contributed by atoms with Crippen molar-refractivity contribution in [3.63, 3.8) is 0 Å². The van der Waals surface area contributed by atoms with Gasteiger partial charge in [-0.3, -0.25) is 9.59 Å². The lowest BCUT2D eigenvalue weighted by Gasteiger charge is -2.31. The van der Waals surface area contributed by atoms with Crippen LogP contribution in [0.3, 0.4) is 0 Å². The maximum Gasteiger partial charge on any atom is 0.319 e. The summed E-state index contributed by atoms with van der Waals surface area (Å²) in [7, 11) is 0. The van der Waals surface area contributed by atoms with Gasteiger partial charge in [-0.25, -0.2) is 0 Å². The molecule has 0 aromatic rings. The molecule has 2 N–H and O–H groups in total. The number of carbonyl (C=O) groups excluding carboxylic acids is 1. The molecule has 0 aromatic heterocycles. The van der Waals surface area contributed by atoms with Gasteiger partial charge in [-0.15, -0.1) is 0 Å². The third kappa shape index (κ3) is 4.80. The van der Waals surface area contributed by atoms with Gasteiger partial charge in [0.15, 0.2) is 0 Å². The number of hydrogen-bond donors (Lipinski definition) is 2. The fourth-order valence-electron chi connectivity index (χ4n) is 2.97. The minimum Gasteiger partial charge on any atom is -0.480 e. The molecule has 0 aromatic carbocycles. The zero-order valence-corrected chi connectivity index (χ0v) is 12.7. The van der Waals surface area contributed by atoms with E-state index in [-0.39, 0.29) is 5.91 Å². The van der Waals surface area contributed by atoms with Crippen LogP contribution in [-0.4, -0.2) is 23.5 Å². The molecule has 4 heteroatoms. The summed E-state index contributed by atoms with van der Waals surface area (Å²) in [5, 5.41) is 12.2. The molecule has 4 nitrogen and oxygen atoms in total.